The maximum atomic E-state index is 11.7. The third-order valence-corrected chi connectivity index (χ3v) is 3.07. The van der Waals surface area contributed by atoms with Gasteiger partial charge in [0.1, 0.15) is 17.6 Å². The van der Waals surface area contributed by atoms with Crippen LogP contribution in [-0.4, -0.2) is 23.8 Å². The van der Waals surface area contributed by atoms with Crippen molar-refractivity contribution in [1.29, 1.82) is 0 Å². The number of para-hydroxylation sites is 1. The lowest BCUT2D eigenvalue weighted by Gasteiger charge is -2.11. The van der Waals surface area contributed by atoms with Gasteiger partial charge in [0.25, 0.3) is 0 Å². The molecule has 0 aliphatic carbocycles. The van der Waals surface area contributed by atoms with Gasteiger partial charge >= 0.3 is 6.03 Å². The van der Waals surface area contributed by atoms with E-state index in [4.69, 9.17) is 9.26 Å². The largest absolute Gasteiger partial charge is 0.488 e. The van der Waals surface area contributed by atoms with Crippen molar-refractivity contribution in [2.75, 3.05) is 11.9 Å². The molecule has 1 aromatic carbocycles. The highest BCUT2D eigenvalue weighted by Crippen LogP contribution is 2.27. The lowest BCUT2D eigenvalue weighted by atomic mass is 10.1. The van der Waals surface area contributed by atoms with Gasteiger partial charge in [-0.1, -0.05) is 23.4 Å². The first-order chi connectivity index (χ1) is 9.70. The zero-order chi connectivity index (χ0) is 13.9. The Balaban J connectivity index is 1.48. The lowest BCUT2D eigenvalue weighted by Crippen LogP contribution is -2.37. The van der Waals surface area contributed by atoms with Gasteiger partial charge in [-0.2, -0.15) is 0 Å². The molecule has 2 N–H and O–H groups in total. The summed E-state index contributed by atoms with van der Waals surface area (Å²) < 4.78 is 10.6. The van der Waals surface area contributed by atoms with E-state index in [9.17, 15) is 4.79 Å². The molecule has 3 rings (SSSR count). The van der Waals surface area contributed by atoms with Gasteiger partial charge in [-0.15, -0.1) is 0 Å². The van der Waals surface area contributed by atoms with Crippen LogP contribution in [0.5, 0.6) is 5.75 Å². The van der Waals surface area contributed by atoms with E-state index in [1.165, 1.54) is 5.56 Å². The number of nitrogens with zero attached hydrogens (tertiary/aromatic N) is 1. The number of amides is 2. The van der Waals surface area contributed by atoms with Gasteiger partial charge in [0.05, 0.1) is 6.54 Å². The molecule has 2 heterocycles. The summed E-state index contributed by atoms with van der Waals surface area (Å²) in [7, 11) is 0. The number of aromatic nitrogens is 1. The topological polar surface area (TPSA) is 76.4 Å². The number of hydrogen-bond acceptors (Lipinski definition) is 4. The maximum absolute atomic E-state index is 11.7. The summed E-state index contributed by atoms with van der Waals surface area (Å²) in [5.74, 6) is 1.94. The molecular formula is C14H15N3O3. The Labute approximate surface area is 116 Å². The third-order valence-electron chi connectivity index (χ3n) is 3.07. The first kappa shape index (κ1) is 12.5. The van der Waals surface area contributed by atoms with Crippen LogP contribution in [0.2, 0.25) is 0 Å². The minimum absolute atomic E-state index is 0.0304. The summed E-state index contributed by atoms with van der Waals surface area (Å²) in [5, 5.41) is 9.05. The van der Waals surface area contributed by atoms with Crippen molar-refractivity contribution < 1.29 is 14.1 Å². The Kier molecular flexibility index (Phi) is 3.28. The molecule has 0 saturated carbocycles. The van der Waals surface area contributed by atoms with Crippen LogP contribution in [0.25, 0.3) is 0 Å². The normalized spacial score (nSPS) is 16.4. The predicted molar refractivity (Wildman–Crippen MR) is 72.8 cm³/mol. The number of nitrogens with one attached hydrogen (secondary N) is 2. The van der Waals surface area contributed by atoms with Crippen LogP contribution in [0.3, 0.4) is 0 Å². The zero-order valence-corrected chi connectivity index (χ0v) is 11.1. The number of aryl methyl sites for hydroxylation is 1. The average molecular weight is 273 g/mol. The maximum Gasteiger partial charge on any atom is 0.320 e. The second kappa shape index (κ2) is 5.24. The van der Waals surface area contributed by atoms with Gasteiger partial charge in [0.2, 0.25) is 0 Å². The highest BCUT2D eigenvalue weighted by atomic mass is 16.5. The summed E-state index contributed by atoms with van der Waals surface area (Å²) in [4.78, 5) is 11.7. The van der Waals surface area contributed by atoms with Gasteiger partial charge in [-0.25, -0.2) is 4.79 Å². The molecule has 0 fully saturated rings. The SMILES string of the molecule is Cc1cc(NC(=O)NC[C@H]2Cc3ccccc3O2)no1. The van der Waals surface area contributed by atoms with Crippen molar-refractivity contribution in [3.8, 4) is 5.75 Å². The van der Waals surface area contributed by atoms with Crippen molar-refractivity contribution in [1.82, 2.24) is 10.5 Å². The Morgan fingerprint density at radius 3 is 3.05 bits per heavy atom. The molecule has 0 radical (unpaired) electrons. The van der Waals surface area contributed by atoms with Crippen molar-refractivity contribution >= 4 is 11.8 Å². The monoisotopic (exact) mass is 273 g/mol. The van der Waals surface area contributed by atoms with Gasteiger partial charge in [0.15, 0.2) is 5.82 Å². The molecule has 0 bridgehead atoms. The number of ether oxygens (including phenoxy) is 1. The predicted octanol–water partition coefficient (Wildman–Crippen LogP) is 2.11. The van der Waals surface area contributed by atoms with Crippen molar-refractivity contribution in [3.63, 3.8) is 0 Å². The van der Waals surface area contributed by atoms with E-state index in [-0.39, 0.29) is 12.1 Å². The van der Waals surface area contributed by atoms with Crippen LogP contribution in [0.4, 0.5) is 10.6 Å². The van der Waals surface area contributed by atoms with Crippen LogP contribution in [0.15, 0.2) is 34.9 Å². The van der Waals surface area contributed by atoms with E-state index in [1.54, 1.807) is 13.0 Å². The number of fused-ring (bicyclic) bond motifs is 1. The molecular weight excluding hydrogens is 258 g/mol. The van der Waals surface area contributed by atoms with E-state index in [0.717, 1.165) is 12.2 Å². The van der Waals surface area contributed by atoms with Gasteiger partial charge < -0.3 is 14.6 Å². The number of rotatable bonds is 3. The van der Waals surface area contributed by atoms with Crippen LogP contribution in [-0.2, 0) is 6.42 Å². The molecule has 6 nitrogen and oxygen atoms in total. The van der Waals surface area contributed by atoms with Crippen molar-refractivity contribution in [2.45, 2.75) is 19.4 Å². The van der Waals surface area contributed by atoms with E-state index in [0.29, 0.717) is 18.1 Å². The number of carbonyl (C=O) groups is 1. The average Bonchev–Trinajstić information content (AvgIpc) is 3.02. The van der Waals surface area contributed by atoms with Crippen LogP contribution in [0.1, 0.15) is 11.3 Å². The number of hydrogen-bond donors (Lipinski definition) is 2. The first-order valence-electron chi connectivity index (χ1n) is 6.43. The van der Waals surface area contributed by atoms with Gasteiger partial charge in [-0.05, 0) is 18.6 Å². The van der Waals surface area contributed by atoms with Crippen molar-refractivity contribution in [3.05, 3.63) is 41.7 Å². The fourth-order valence-corrected chi connectivity index (χ4v) is 2.16. The molecule has 1 aliphatic rings. The Morgan fingerprint density at radius 2 is 2.30 bits per heavy atom. The van der Waals surface area contributed by atoms with E-state index in [2.05, 4.69) is 15.8 Å². The Bertz CT molecular complexity index is 599. The van der Waals surface area contributed by atoms with E-state index < -0.39 is 0 Å². The van der Waals surface area contributed by atoms with Crippen LogP contribution < -0.4 is 15.4 Å². The fraction of sp³-hybridized carbons (Fsp3) is 0.286. The lowest BCUT2D eigenvalue weighted by molar-refractivity contribution is 0.219. The minimum atomic E-state index is -0.321. The highest BCUT2D eigenvalue weighted by Gasteiger charge is 2.22. The van der Waals surface area contributed by atoms with Gasteiger partial charge in [0, 0.05) is 12.5 Å². The molecule has 6 heteroatoms. The molecule has 0 saturated heterocycles. The van der Waals surface area contributed by atoms with Crippen LogP contribution >= 0.6 is 0 Å². The second-order valence-electron chi connectivity index (χ2n) is 4.71. The molecule has 2 amide bonds. The molecule has 1 aliphatic heterocycles. The Morgan fingerprint density at radius 1 is 1.45 bits per heavy atom. The summed E-state index contributed by atoms with van der Waals surface area (Å²) in [5.41, 5.74) is 1.17. The molecule has 0 spiro atoms. The number of urea groups is 1. The fourth-order valence-electron chi connectivity index (χ4n) is 2.16. The molecule has 2 aromatic rings. The standard InChI is InChI=1S/C14H15N3O3/c1-9-6-13(17-20-9)16-14(18)15-8-11-7-10-4-2-3-5-12(10)19-11/h2-6,11H,7-8H2,1H3,(H2,15,16,17,18)/t11-/m1/s1. The summed E-state index contributed by atoms with van der Waals surface area (Å²) in [6.07, 6.45) is 0.775. The third kappa shape index (κ3) is 2.74. The highest BCUT2D eigenvalue weighted by molar-refractivity contribution is 5.88. The summed E-state index contributed by atoms with van der Waals surface area (Å²) in [6, 6.07) is 9.23. The first-order valence-corrected chi connectivity index (χ1v) is 6.43. The molecule has 20 heavy (non-hydrogen) atoms. The minimum Gasteiger partial charge on any atom is -0.488 e. The number of benzene rings is 1. The van der Waals surface area contributed by atoms with E-state index in [1.807, 2.05) is 24.3 Å². The van der Waals surface area contributed by atoms with Crippen molar-refractivity contribution in [2.24, 2.45) is 0 Å². The Hall–Kier alpha value is -2.50. The van der Waals surface area contributed by atoms with Gasteiger partial charge in [-0.3, -0.25) is 5.32 Å². The molecule has 0 unspecified atom stereocenters. The van der Waals surface area contributed by atoms with E-state index >= 15 is 0 Å². The summed E-state index contributed by atoms with van der Waals surface area (Å²) >= 11 is 0. The summed E-state index contributed by atoms with van der Waals surface area (Å²) in [6.45, 7) is 2.21. The molecule has 1 aromatic heterocycles. The molecule has 104 valence electrons. The quantitative estimate of drug-likeness (QED) is 0.898. The molecule has 1 atom stereocenters. The number of carbonyl (C=O) groups excluding carboxylic acids is 1. The van der Waals surface area contributed by atoms with Crippen LogP contribution in [0, 0.1) is 6.92 Å². The zero-order valence-electron chi connectivity index (χ0n) is 11.1. The second-order valence-corrected chi connectivity index (χ2v) is 4.71. The number of anilines is 1. The smallest absolute Gasteiger partial charge is 0.320 e.